The van der Waals surface area contributed by atoms with Crippen LogP contribution in [0.3, 0.4) is 0 Å². The van der Waals surface area contributed by atoms with E-state index in [9.17, 15) is 4.79 Å². The number of nitrogens with zero attached hydrogens (tertiary/aromatic N) is 3. The van der Waals surface area contributed by atoms with Gasteiger partial charge in [-0.25, -0.2) is 4.68 Å². The smallest absolute Gasteiger partial charge is 0.227 e. The number of nitrogens with one attached hydrogen (secondary N) is 1. The number of ketones is 1. The molecule has 1 N–H and O–H groups in total. The quantitative estimate of drug-likeness (QED) is 0.215. The lowest BCUT2D eigenvalue weighted by atomic mass is 9.73. The number of aryl methyl sites for hydroxylation is 3. The van der Waals surface area contributed by atoms with Crippen LogP contribution in [0.4, 0.5) is 5.95 Å². The van der Waals surface area contributed by atoms with Crippen LogP contribution in [0.2, 0.25) is 5.02 Å². The van der Waals surface area contributed by atoms with Gasteiger partial charge in [-0.05, 0) is 84.2 Å². The molecule has 1 atom stereocenters. The summed E-state index contributed by atoms with van der Waals surface area (Å²) in [6.07, 6.45) is 1.27. The number of thioether (sulfide) groups is 1. The number of ether oxygens (including phenoxy) is 1. The molecule has 8 heteroatoms. The first-order valence-electron chi connectivity index (χ1n) is 14.2. The van der Waals surface area contributed by atoms with Crippen molar-refractivity contribution in [3.05, 3.63) is 110 Å². The van der Waals surface area contributed by atoms with Crippen LogP contribution in [0.1, 0.15) is 66.1 Å². The molecular weight excluding hydrogens is 564 g/mol. The summed E-state index contributed by atoms with van der Waals surface area (Å²) in [7, 11) is 0. The molecule has 0 saturated carbocycles. The van der Waals surface area contributed by atoms with E-state index in [1.165, 1.54) is 34.0 Å². The molecule has 1 unspecified atom stereocenters. The second kappa shape index (κ2) is 11.3. The molecule has 1 aliphatic heterocycles. The van der Waals surface area contributed by atoms with E-state index in [0.717, 1.165) is 39.6 Å². The highest BCUT2D eigenvalue weighted by molar-refractivity contribution is 7.98. The molecule has 6 nitrogen and oxygen atoms in total. The Labute approximate surface area is 256 Å². The van der Waals surface area contributed by atoms with Crippen molar-refractivity contribution in [2.45, 2.75) is 71.0 Å². The Morgan fingerprint density at radius 2 is 1.74 bits per heavy atom. The van der Waals surface area contributed by atoms with Crippen molar-refractivity contribution in [2.24, 2.45) is 5.41 Å². The topological polar surface area (TPSA) is 69.0 Å². The fraction of sp³-hybridized carbons (Fsp3) is 0.324. The van der Waals surface area contributed by atoms with E-state index < -0.39 is 0 Å². The number of aromatic nitrogens is 3. The van der Waals surface area contributed by atoms with Gasteiger partial charge < -0.3 is 10.1 Å². The number of fused-ring (bicyclic) bond motifs is 1. The summed E-state index contributed by atoms with van der Waals surface area (Å²) in [6.45, 7) is 11.2. The molecule has 6 rings (SSSR count). The van der Waals surface area contributed by atoms with E-state index in [1.54, 1.807) is 0 Å². The van der Waals surface area contributed by atoms with Gasteiger partial charge >= 0.3 is 0 Å². The van der Waals surface area contributed by atoms with E-state index in [0.29, 0.717) is 29.9 Å². The van der Waals surface area contributed by atoms with E-state index in [4.69, 9.17) is 26.4 Å². The third-order valence-corrected chi connectivity index (χ3v) is 9.42. The predicted molar refractivity (Wildman–Crippen MR) is 169 cm³/mol. The van der Waals surface area contributed by atoms with Gasteiger partial charge in [-0.2, -0.15) is 4.98 Å². The van der Waals surface area contributed by atoms with Gasteiger partial charge in [-0.1, -0.05) is 79.7 Å². The number of carbonyl (C=O) groups is 1. The van der Waals surface area contributed by atoms with E-state index in [1.807, 2.05) is 53.2 Å². The SMILES string of the molecule is Cc1cc(C)c(COc2ccc(C3C4=C(CC(C)(C)CC4=O)Nc4nc(SCc5ccccc5Cl)nn43)cc2)cc1C. The Balaban J connectivity index is 1.29. The highest BCUT2D eigenvalue weighted by atomic mass is 35.5. The zero-order valence-corrected chi connectivity index (χ0v) is 26.2. The van der Waals surface area contributed by atoms with Crippen molar-refractivity contribution >= 4 is 35.1 Å². The highest BCUT2D eigenvalue weighted by Gasteiger charge is 2.41. The number of hydrogen-bond donors (Lipinski definition) is 1. The molecule has 0 radical (unpaired) electrons. The molecule has 216 valence electrons. The van der Waals surface area contributed by atoms with Crippen LogP contribution < -0.4 is 10.1 Å². The summed E-state index contributed by atoms with van der Waals surface area (Å²) in [6, 6.07) is 19.9. The summed E-state index contributed by atoms with van der Waals surface area (Å²) in [4.78, 5) is 18.4. The number of halogens is 1. The molecule has 0 amide bonds. The second-order valence-corrected chi connectivity index (χ2v) is 13.5. The fourth-order valence-electron chi connectivity index (χ4n) is 5.80. The standard InChI is InChI=1S/C34H35ClN4O2S/c1-20-14-22(3)25(15-21(20)2)18-41-26-12-10-23(11-13-26)31-30-28(16-34(4,5)17-29(30)40)36-32-37-33(38-39(31)32)42-19-24-8-6-7-9-27(24)35/h6-15,31H,16-19H2,1-5H3,(H,36,37,38). The first-order chi connectivity index (χ1) is 20.1. The molecule has 0 fully saturated rings. The van der Waals surface area contributed by atoms with Gasteiger partial charge in [0, 0.05) is 28.5 Å². The minimum atomic E-state index is -0.363. The van der Waals surface area contributed by atoms with Crippen LogP contribution in [0.25, 0.3) is 0 Å². The number of rotatable bonds is 7. The normalized spacial score (nSPS) is 17.5. The Bertz CT molecular complexity index is 1710. The summed E-state index contributed by atoms with van der Waals surface area (Å²) in [5.41, 5.74) is 8.55. The lowest BCUT2D eigenvalue weighted by molar-refractivity contribution is -0.118. The van der Waals surface area contributed by atoms with Crippen LogP contribution in [-0.2, 0) is 17.2 Å². The summed E-state index contributed by atoms with van der Waals surface area (Å²) >= 11 is 7.92. The van der Waals surface area contributed by atoms with Crippen molar-refractivity contribution in [2.75, 3.05) is 5.32 Å². The third-order valence-electron chi connectivity index (χ3n) is 8.17. The molecule has 2 aliphatic rings. The Morgan fingerprint density at radius 3 is 2.50 bits per heavy atom. The molecule has 1 aliphatic carbocycles. The number of allylic oxidation sites excluding steroid dienone is 2. The number of anilines is 1. The maximum Gasteiger partial charge on any atom is 0.227 e. The van der Waals surface area contributed by atoms with Crippen LogP contribution in [0.15, 0.2) is 77.1 Å². The van der Waals surface area contributed by atoms with Gasteiger partial charge in [0.05, 0.1) is 0 Å². The Kier molecular flexibility index (Phi) is 7.66. The molecule has 2 heterocycles. The number of hydrogen-bond acceptors (Lipinski definition) is 6. The largest absolute Gasteiger partial charge is 0.489 e. The van der Waals surface area contributed by atoms with Crippen LogP contribution in [-0.4, -0.2) is 20.5 Å². The minimum absolute atomic E-state index is 0.124. The van der Waals surface area contributed by atoms with Crippen molar-refractivity contribution < 1.29 is 9.53 Å². The highest BCUT2D eigenvalue weighted by Crippen LogP contribution is 2.46. The fourth-order valence-corrected chi connectivity index (χ4v) is 6.91. The Hall–Kier alpha value is -3.55. The van der Waals surface area contributed by atoms with Gasteiger partial charge in [0.15, 0.2) is 5.78 Å². The molecule has 1 aromatic heterocycles. The van der Waals surface area contributed by atoms with Gasteiger partial charge in [-0.3, -0.25) is 4.79 Å². The molecule has 3 aromatic carbocycles. The van der Waals surface area contributed by atoms with Crippen molar-refractivity contribution in [1.29, 1.82) is 0 Å². The third kappa shape index (κ3) is 5.72. The summed E-state index contributed by atoms with van der Waals surface area (Å²) < 4.78 is 8.04. The van der Waals surface area contributed by atoms with Crippen LogP contribution in [0, 0.1) is 26.2 Å². The second-order valence-electron chi connectivity index (χ2n) is 12.1. The molecular formula is C34H35ClN4O2S. The van der Waals surface area contributed by atoms with Crippen molar-refractivity contribution in [1.82, 2.24) is 14.8 Å². The van der Waals surface area contributed by atoms with Crippen LogP contribution >= 0.6 is 23.4 Å². The molecule has 0 spiro atoms. The van der Waals surface area contributed by atoms with Gasteiger partial charge in [0.25, 0.3) is 0 Å². The maximum absolute atomic E-state index is 13.6. The first kappa shape index (κ1) is 28.6. The molecule has 42 heavy (non-hydrogen) atoms. The van der Waals surface area contributed by atoms with Gasteiger partial charge in [-0.15, -0.1) is 5.10 Å². The average Bonchev–Trinajstić information content (AvgIpc) is 3.35. The van der Waals surface area contributed by atoms with Gasteiger partial charge in [0.2, 0.25) is 11.1 Å². The van der Waals surface area contributed by atoms with Crippen molar-refractivity contribution in [3.63, 3.8) is 0 Å². The molecule has 0 saturated heterocycles. The van der Waals surface area contributed by atoms with E-state index in [-0.39, 0.29) is 17.2 Å². The minimum Gasteiger partial charge on any atom is -0.489 e. The average molecular weight is 599 g/mol. The molecule has 0 bridgehead atoms. The van der Waals surface area contributed by atoms with Gasteiger partial charge in [0.1, 0.15) is 18.4 Å². The number of carbonyl (C=O) groups excluding carboxylic acids is 1. The maximum atomic E-state index is 13.6. The Morgan fingerprint density at radius 1 is 1.00 bits per heavy atom. The molecule has 4 aromatic rings. The monoisotopic (exact) mass is 598 g/mol. The summed E-state index contributed by atoms with van der Waals surface area (Å²) in [5.74, 6) is 2.23. The lowest BCUT2D eigenvalue weighted by Gasteiger charge is -2.38. The zero-order chi connectivity index (χ0) is 29.6. The number of benzene rings is 3. The van der Waals surface area contributed by atoms with E-state index in [2.05, 4.69) is 52.1 Å². The number of Topliss-reactive ketones (excluding diaryl/α,β-unsaturated/α-hetero) is 1. The van der Waals surface area contributed by atoms with Crippen LogP contribution in [0.5, 0.6) is 5.75 Å². The predicted octanol–water partition coefficient (Wildman–Crippen LogP) is 8.39. The first-order valence-corrected chi connectivity index (χ1v) is 15.6. The zero-order valence-electron chi connectivity index (χ0n) is 24.6. The van der Waals surface area contributed by atoms with Crippen molar-refractivity contribution in [3.8, 4) is 5.75 Å². The lowest BCUT2D eigenvalue weighted by Crippen LogP contribution is -2.36. The summed E-state index contributed by atoms with van der Waals surface area (Å²) in [5, 5.41) is 9.71. The van der Waals surface area contributed by atoms with E-state index >= 15 is 0 Å².